The van der Waals surface area contributed by atoms with Gasteiger partial charge in [-0.3, -0.25) is 9.69 Å². The Morgan fingerprint density at radius 2 is 2.26 bits per heavy atom. The van der Waals surface area contributed by atoms with Gasteiger partial charge in [0.25, 0.3) is 0 Å². The minimum Gasteiger partial charge on any atom is -0.481 e. The number of rotatable bonds is 4. The van der Waals surface area contributed by atoms with Gasteiger partial charge < -0.3 is 5.11 Å². The van der Waals surface area contributed by atoms with Gasteiger partial charge in [-0.15, -0.1) is 11.3 Å². The Kier molecular flexibility index (Phi) is 4.31. The number of nitrogens with zero attached hydrogens (tertiary/aromatic N) is 1. The van der Waals surface area contributed by atoms with Crippen LogP contribution in [0.2, 0.25) is 0 Å². The van der Waals surface area contributed by atoms with E-state index < -0.39 is 5.97 Å². The number of thiophene rings is 1. The molecule has 4 heteroatoms. The molecule has 0 saturated heterocycles. The van der Waals surface area contributed by atoms with Crippen LogP contribution >= 0.6 is 11.3 Å². The molecular weight excluding hydrogens is 258 g/mol. The maximum absolute atomic E-state index is 10.9. The van der Waals surface area contributed by atoms with Gasteiger partial charge in [0.1, 0.15) is 0 Å². The lowest BCUT2D eigenvalue weighted by Gasteiger charge is -2.43. The number of carboxylic acids is 1. The second-order valence-electron chi connectivity index (χ2n) is 6.22. The third kappa shape index (κ3) is 3.37. The van der Waals surface area contributed by atoms with Crippen LogP contribution in [0.1, 0.15) is 56.5 Å². The number of carbonyl (C=O) groups is 1. The van der Waals surface area contributed by atoms with Crippen molar-refractivity contribution in [2.75, 3.05) is 6.54 Å². The molecule has 106 valence electrons. The molecule has 0 aromatic carbocycles. The van der Waals surface area contributed by atoms with Crippen LogP contribution in [0, 0.1) is 0 Å². The number of aliphatic carboxylic acids is 1. The van der Waals surface area contributed by atoms with Gasteiger partial charge in [-0.2, -0.15) is 0 Å². The summed E-state index contributed by atoms with van der Waals surface area (Å²) in [6, 6.07) is 2.61. The predicted octanol–water partition coefficient (Wildman–Crippen LogP) is 3.70. The maximum Gasteiger partial charge on any atom is 0.304 e. The molecule has 1 aromatic rings. The van der Waals surface area contributed by atoms with Crippen LogP contribution in [0.4, 0.5) is 0 Å². The summed E-state index contributed by atoms with van der Waals surface area (Å²) in [5.74, 6) is -0.712. The second-order valence-corrected chi connectivity index (χ2v) is 7.22. The van der Waals surface area contributed by atoms with Crippen LogP contribution in [-0.2, 0) is 11.2 Å². The van der Waals surface area contributed by atoms with Crippen molar-refractivity contribution in [1.82, 2.24) is 4.90 Å². The smallest absolute Gasteiger partial charge is 0.304 e. The zero-order valence-corrected chi connectivity index (χ0v) is 12.8. The Labute approximate surface area is 119 Å². The van der Waals surface area contributed by atoms with E-state index in [2.05, 4.69) is 37.1 Å². The monoisotopic (exact) mass is 281 g/mol. The summed E-state index contributed by atoms with van der Waals surface area (Å²) in [5.41, 5.74) is 1.42. The molecule has 0 aliphatic heterocycles. The Balaban J connectivity index is 2.22. The van der Waals surface area contributed by atoms with Crippen LogP contribution in [0.3, 0.4) is 0 Å². The Morgan fingerprint density at radius 3 is 2.89 bits per heavy atom. The van der Waals surface area contributed by atoms with Crippen molar-refractivity contribution in [2.45, 2.75) is 58.0 Å². The standard InChI is InChI=1S/C15H23NO2S/c1-15(2,3)16(9-7-14(17)18)12-5-4-6-13-11(12)8-10-19-13/h8,10,12H,4-7,9H2,1-3H3,(H,17,18). The third-order valence-corrected chi connectivity index (χ3v) is 4.82. The molecule has 19 heavy (non-hydrogen) atoms. The highest BCUT2D eigenvalue weighted by Gasteiger charge is 2.33. The van der Waals surface area contributed by atoms with Gasteiger partial charge in [-0.05, 0) is 57.0 Å². The zero-order chi connectivity index (χ0) is 14.0. The molecule has 0 spiro atoms. The Hall–Kier alpha value is -0.870. The van der Waals surface area contributed by atoms with Gasteiger partial charge in [0.2, 0.25) is 0 Å². The van der Waals surface area contributed by atoms with Crippen LogP contribution in [0.15, 0.2) is 11.4 Å². The quantitative estimate of drug-likeness (QED) is 0.914. The molecule has 3 nitrogen and oxygen atoms in total. The third-order valence-electron chi connectivity index (χ3n) is 3.82. The first-order valence-corrected chi connectivity index (χ1v) is 7.82. The minimum atomic E-state index is -0.712. The van der Waals surface area contributed by atoms with E-state index in [9.17, 15) is 4.79 Å². The van der Waals surface area contributed by atoms with E-state index in [1.165, 1.54) is 23.3 Å². The summed E-state index contributed by atoms with van der Waals surface area (Å²) in [4.78, 5) is 14.7. The predicted molar refractivity (Wildman–Crippen MR) is 78.7 cm³/mol. The van der Waals surface area contributed by atoms with Crippen molar-refractivity contribution in [3.8, 4) is 0 Å². The van der Waals surface area contributed by atoms with Crippen LogP contribution < -0.4 is 0 Å². The normalized spacial score (nSPS) is 19.5. The van der Waals surface area contributed by atoms with Gasteiger partial charge in [0.05, 0.1) is 6.42 Å². The number of hydrogen-bond acceptors (Lipinski definition) is 3. The average Bonchev–Trinajstić information content (AvgIpc) is 2.75. The van der Waals surface area contributed by atoms with Crippen LogP contribution in [0.25, 0.3) is 0 Å². The summed E-state index contributed by atoms with van der Waals surface area (Å²) in [6.07, 6.45) is 3.74. The lowest BCUT2D eigenvalue weighted by atomic mass is 9.89. The molecule has 0 radical (unpaired) electrons. The highest BCUT2D eigenvalue weighted by atomic mass is 32.1. The van der Waals surface area contributed by atoms with Crippen molar-refractivity contribution < 1.29 is 9.90 Å². The molecule has 1 aliphatic carbocycles. The minimum absolute atomic E-state index is 0.00331. The SMILES string of the molecule is CC(C)(C)N(CCC(=O)O)C1CCCc2sccc21. The molecule has 1 unspecified atom stereocenters. The maximum atomic E-state index is 10.9. The lowest BCUT2D eigenvalue weighted by molar-refractivity contribution is -0.137. The van der Waals surface area contributed by atoms with Gasteiger partial charge in [0.15, 0.2) is 0 Å². The van der Waals surface area contributed by atoms with E-state index in [1.54, 1.807) is 0 Å². The fraction of sp³-hybridized carbons (Fsp3) is 0.667. The number of carboxylic acid groups (broad SMARTS) is 1. The number of aryl methyl sites for hydroxylation is 1. The van der Waals surface area contributed by atoms with Gasteiger partial charge in [-0.1, -0.05) is 0 Å². The van der Waals surface area contributed by atoms with Crippen molar-refractivity contribution in [1.29, 1.82) is 0 Å². The second kappa shape index (κ2) is 5.63. The van der Waals surface area contributed by atoms with E-state index in [-0.39, 0.29) is 12.0 Å². The molecule has 0 saturated carbocycles. The summed E-state index contributed by atoms with van der Waals surface area (Å²) >= 11 is 1.84. The van der Waals surface area contributed by atoms with E-state index in [0.29, 0.717) is 12.6 Å². The van der Waals surface area contributed by atoms with Crippen LogP contribution in [0.5, 0.6) is 0 Å². The van der Waals surface area contributed by atoms with E-state index in [1.807, 2.05) is 11.3 Å². The van der Waals surface area contributed by atoms with Crippen molar-refractivity contribution in [3.63, 3.8) is 0 Å². The molecule has 0 fully saturated rings. The van der Waals surface area contributed by atoms with Crippen molar-refractivity contribution in [3.05, 3.63) is 21.9 Å². The fourth-order valence-corrected chi connectivity index (χ4v) is 3.94. The Morgan fingerprint density at radius 1 is 1.53 bits per heavy atom. The van der Waals surface area contributed by atoms with E-state index in [0.717, 1.165) is 6.42 Å². The Bertz CT molecular complexity index is 447. The summed E-state index contributed by atoms with van der Waals surface area (Å²) in [5, 5.41) is 11.1. The number of fused-ring (bicyclic) bond motifs is 1. The highest BCUT2D eigenvalue weighted by molar-refractivity contribution is 7.10. The molecule has 1 heterocycles. The average molecular weight is 281 g/mol. The summed E-state index contributed by atoms with van der Waals surface area (Å²) in [7, 11) is 0. The van der Waals surface area contributed by atoms with Gasteiger partial charge in [-0.25, -0.2) is 0 Å². The molecular formula is C15H23NO2S. The zero-order valence-electron chi connectivity index (χ0n) is 12.0. The van der Waals surface area contributed by atoms with Crippen LogP contribution in [-0.4, -0.2) is 28.1 Å². The topological polar surface area (TPSA) is 40.5 Å². The fourth-order valence-electron chi connectivity index (χ4n) is 2.96. The summed E-state index contributed by atoms with van der Waals surface area (Å²) in [6.45, 7) is 7.15. The highest BCUT2D eigenvalue weighted by Crippen LogP contribution is 2.40. The van der Waals surface area contributed by atoms with Gasteiger partial charge >= 0.3 is 5.97 Å². The molecule has 1 aromatic heterocycles. The molecule has 2 rings (SSSR count). The molecule has 0 amide bonds. The first-order chi connectivity index (χ1) is 8.89. The first-order valence-electron chi connectivity index (χ1n) is 6.94. The van der Waals surface area contributed by atoms with E-state index in [4.69, 9.17) is 5.11 Å². The number of hydrogen-bond donors (Lipinski definition) is 1. The first kappa shape index (κ1) is 14.5. The molecule has 0 bridgehead atoms. The summed E-state index contributed by atoms with van der Waals surface area (Å²) < 4.78 is 0. The van der Waals surface area contributed by atoms with Crippen molar-refractivity contribution in [2.24, 2.45) is 0 Å². The van der Waals surface area contributed by atoms with Crippen molar-refractivity contribution >= 4 is 17.3 Å². The molecule has 1 N–H and O–H groups in total. The van der Waals surface area contributed by atoms with E-state index >= 15 is 0 Å². The lowest BCUT2D eigenvalue weighted by Crippen LogP contribution is -2.45. The molecule has 1 aliphatic rings. The largest absolute Gasteiger partial charge is 0.481 e. The molecule has 1 atom stereocenters. The van der Waals surface area contributed by atoms with Gasteiger partial charge in [0, 0.05) is 23.0 Å².